The number of rotatable bonds is 4. The van der Waals surface area contributed by atoms with Crippen LogP contribution in [0.4, 0.5) is 0 Å². The fraction of sp³-hybridized carbons (Fsp3) is 0.385. The third-order valence-electron chi connectivity index (χ3n) is 2.10. The number of esters is 1. The molecule has 0 bridgehead atoms. The Balaban J connectivity index is 2.95. The second-order valence-corrected chi connectivity index (χ2v) is 4.94. The van der Waals surface area contributed by atoms with Crippen molar-refractivity contribution in [2.45, 2.75) is 38.5 Å². The van der Waals surface area contributed by atoms with E-state index in [9.17, 15) is 9.59 Å². The number of benzene rings is 1. The van der Waals surface area contributed by atoms with Crippen LogP contribution in [0.15, 0.2) is 23.1 Å². The molecule has 1 aromatic rings. The number of carbonyl (C=O) groups is 2. The number of carbonyl (C=O) groups excluding carboxylic acids is 2. The Morgan fingerprint density at radius 2 is 2.06 bits per heavy atom. The van der Waals surface area contributed by atoms with Crippen molar-refractivity contribution in [2.75, 3.05) is 0 Å². The lowest BCUT2D eigenvalue weighted by atomic mass is 10.2. The Labute approximate surface area is 106 Å². The van der Waals surface area contributed by atoms with Gasteiger partial charge in [-0.25, -0.2) is 0 Å². The van der Waals surface area contributed by atoms with Crippen molar-refractivity contribution in [3.63, 3.8) is 0 Å². The van der Waals surface area contributed by atoms with E-state index in [1.54, 1.807) is 6.07 Å². The van der Waals surface area contributed by atoms with Gasteiger partial charge in [-0.2, -0.15) is 0 Å². The van der Waals surface area contributed by atoms with Gasteiger partial charge >= 0.3 is 5.97 Å². The maximum Gasteiger partial charge on any atom is 0.311 e. The molecular formula is C13H16O3S. The Morgan fingerprint density at radius 3 is 2.65 bits per heavy atom. The average molecular weight is 252 g/mol. The van der Waals surface area contributed by atoms with E-state index in [1.165, 1.54) is 6.92 Å². The summed E-state index contributed by atoms with van der Waals surface area (Å²) < 4.78 is 5.31. The molecule has 0 aliphatic rings. The first-order valence-corrected chi connectivity index (χ1v) is 6.35. The Hall–Kier alpha value is -1.29. The fourth-order valence-corrected chi connectivity index (χ4v) is 2.11. The van der Waals surface area contributed by atoms with Crippen molar-refractivity contribution in [3.8, 4) is 5.75 Å². The molecule has 92 valence electrons. The van der Waals surface area contributed by atoms with Crippen LogP contribution in [0.5, 0.6) is 5.75 Å². The number of hydrogen-bond acceptors (Lipinski definition) is 4. The van der Waals surface area contributed by atoms with Crippen LogP contribution in [0.3, 0.4) is 0 Å². The highest BCUT2D eigenvalue weighted by Crippen LogP contribution is 2.32. The first-order chi connectivity index (χ1) is 8.04. The van der Waals surface area contributed by atoms with Gasteiger partial charge in [0.2, 0.25) is 0 Å². The zero-order chi connectivity index (χ0) is 12.8. The highest BCUT2D eigenvalue weighted by Gasteiger charge is 2.13. The molecule has 0 fully saturated rings. The summed E-state index contributed by atoms with van der Waals surface area (Å²) in [5.74, 6) is 0.248. The minimum absolute atomic E-state index is 0.0246. The van der Waals surface area contributed by atoms with Gasteiger partial charge in [0, 0.05) is 13.3 Å². The third-order valence-corrected chi connectivity index (χ3v) is 2.93. The van der Waals surface area contributed by atoms with E-state index in [1.807, 2.05) is 26.0 Å². The van der Waals surface area contributed by atoms with Gasteiger partial charge in [0.05, 0.1) is 4.90 Å². The van der Waals surface area contributed by atoms with Gasteiger partial charge in [-0.3, -0.25) is 9.59 Å². The van der Waals surface area contributed by atoms with Crippen LogP contribution in [-0.4, -0.2) is 11.1 Å². The molecule has 0 radical (unpaired) electrons. The average Bonchev–Trinajstić information content (AvgIpc) is 2.23. The molecule has 0 atom stereocenters. The number of hydrogen-bond donors (Lipinski definition) is 0. The normalized spacial score (nSPS) is 10.1. The highest BCUT2D eigenvalue weighted by atomic mass is 32.2. The summed E-state index contributed by atoms with van der Waals surface area (Å²) >= 11 is 1.08. The predicted octanol–water partition coefficient (Wildman–Crippen LogP) is 3.34. The molecule has 0 aromatic heterocycles. The van der Waals surface area contributed by atoms with Gasteiger partial charge in [0.15, 0.2) is 5.12 Å². The molecule has 0 N–H and O–H groups in total. The SMILES string of the molecule is CCCC(=O)Oc1c(C)cccc1SC(C)=O. The number of aryl methyl sites for hydroxylation is 1. The maximum absolute atomic E-state index is 11.5. The van der Waals surface area contributed by atoms with Gasteiger partial charge in [-0.15, -0.1) is 0 Å². The summed E-state index contributed by atoms with van der Waals surface area (Å²) in [4.78, 5) is 23.3. The molecule has 1 rings (SSSR count). The van der Waals surface area contributed by atoms with Crippen molar-refractivity contribution < 1.29 is 14.3 Å². The van der Waals surface area contributed by atoms with Gasteiger partial charge in [0.1, 0.15) is 5.75 Å². The summed E-state index contributed by atoms with van der Waals surface area (Å²) in [5.41, 5.74) is 0.862. The summed E-state index contributed by atoms with van der Waals surface area (Å²) in [6, 6.07) is 5.49. The van der Waals surface area contributed by atoms with Crippen molar-refractivity contribution >= 4 is 22.8 Å². The van der Waals surface area contributed by atoms with Crippen LogP contribution < -0.4 is 4.74 Å². The Morgan fingerprint density at radius 1 is 1.35 bits per heavy atom. The van der Waals surface area contributed by atoms with Crippen molar-refractivity contribution in [1.82, 2.24) is 0 Å². The second kappa shape index (κ2) is 6.45. The topological polar surface area (TPSA) is 43.4 Å². The zero-order valence-electron chi connectivity index (χ0n) is 10.3. The van der Waals surface area contributed by atoms with Gasteiger partial charge in [0.25, 0.3) is 0 Å². The maximum atomic E-state index is 11.5. The number of thioether (sulfide) groups is 1. The Bertz CT molecular complexity index is 427. The summed E-state index contributed by atoms with van der Waals surface area (Å²) in [5, 5.41) is -0.0246. The van der Waals surface area contributed by atoms with E-state index >= 15 is 0 Å². The minimum atomic E-state index is -0.257. The lowest BCUT2D eigenvalue weighted by Gasteiger charge is -2.10. The van der Waals surface area contributed by atoms with Crippen LogP contribution in [-0.2, 0) is 9.59 Å². The highest BCUT2D eigenvalue weighted by molar-refractivity contribution is 8.13. The number of ether oxygens (including phenoxy) is 1. The van der Waals surface area contributed by atoms with E-state index in [2.05, 4.69) is 0 Å². The monoisotopic (exact) mass is 252 g/mol. The second-order valence-electron chi connectivity index (χ2n) is 3.72. The van der Waals surface area contributed by atoms with Gasteiger partial charge < -0.3 is 4.74 Å². The summed E-state index contributed by atoms with van der Waals surface area (Å²) in [6.07, 6.45) is 1.14. The van der Waals surface area contributed by atoms with E-state index in [0.717, 1.165) is 23.7 Å². The summed E-state index contributed by atoms with van der Waals surface area (Å²) in [7, 11) is 0. The molecule has 17 heavy (non-hydrogen) atoms. The number of para-hydroxylation sites is 1. The van der Waals surface area contributed by atoms with Gasteiger partial charge in [-0.05, 0) is 36.7 Å². The molecule has 0 spiro atoms. The predicted molar refractivity (Wildman–Crippen MR) is 68.3 cm³/mol. The molecule has 0 saturated carbocycles. The van der Waals surface area contributed by atoms with E-state index < -0.39 is 0 Å². The van der Waals surface area contributed by atoms with E-state index in [-0.39, 0.29) is 11.1 Å². The molecular weight excluding hydrogens is 236 g/mol. The van der Waals surface area contributed by atoms with E-state index in [4.69, 9.17) is 4.74 Å². The van der Waals surface area contributed by atoms with Crippen LogP contribution in [0.2, 0.25) is 0 Å². The zero-order valence-corrected chi connectivity index (χ0v) is 11.1. The largest absolute Gasteiger partial charge is 0.425 e. The first-order valence-electron chi connectivity index (χ1n) is 5.53. The standard InChI is InChI=1S/C13H16O3S/c1-4-6-12(15)16-13-9(2)7-5-8-11(13)17-10(3)14/h5,7-8H,4,6H2,1-3H3. The molecule has 0 aliphatic carbocycles. The van der Waals surface area contributed by atoms with Crippen LogP contribution in [0.1, 0.15) is 32.3 Å². The minimum Gasteiger partial charge on any atom is -0.425 e. The first kappa shape index (κ1) is 13.8. The molecule has 0 saturated heterocycles. The lowest BCUT2D eigenvalue weighted by Crippen LogP contribution is -2.08. The van der Waals surface area contributed by atoms with E-state index in [0.29, 0.717) is 17.1 Å². The lowest BCUT2D eigenvalue weighted by molar-refractivity contribution is -0.134. The van der Waals surface area contributed by atoms with Crippen molar-refractivity contribution in [1.29, 1.82) is 0 Å². The van der Waals surface area contributed by atoms with Gasteiger partial charge in [-0.1, -0.05) is 19.1 Å². The quantitative estimate of drug-likeness (QED) is 0.468. The molecule has 0 unspecified atom stereocenters. The molecule has 1 aromatic carbocycles. The van der Waals surface area contributed by atoms with Crippen LogP contribution >= 0.6 is 11.8 Å². The molecule has 0 aliphatic heterocycles. The Kier molecular flexibility index (Phi) is 5.22. The summed E-state index contributed by atoms with van der Waals surface area (Å²) in [6.45, 7) is 5.27. The van der Waals surface area contributed by atoms with Crippen molar-refractivity contribution in [3.05, 3.63) is 23.8 Å². The molecule has 4 heteroatoms. The fourth-order valence-electron chi connectivity index (χ4n) is 1.36. The van der Waals surface area contributed by atoms with Crippen LogP contribution in [0.25, 0.3) is 0 Å². The van der Waals surface area contributed by atoms with Crippen LogP contribution in [0, 0.1) is 6.92 Å². The molecule has 0 heterocycles. The molecule has 3 nitrogen and oxygen atoms in total. The van der Waals surface area contributed by atoms with Crippen molar-refractivity contribution in [2.24, 2.45) is 0 Å². The molecule has 0 amide bonds. The smallest absolute Gasteiger partial charge is 0.311 e. The third kappa shape index (κ3) is 4.23.